The van der Waals surface area contributed by atoms with Crippen LogP contribution in [0.1, 0.15) is 0 Å². The molecule has 0 radical (unpaired) electrons. The van der Waals surface area contributed by atoms with E-state index in [0.717, 1.165) is 10.6 Å². The fourth-order valence-corrected chi connectivity index (χ4v) is 3.05. The summed E-state index contributed by atoms with van der Waals surface area (Å²) in [4.78, 5) is 27.0. The number of nitro groups is 1. The van der Waals surface area contributed by atoms with E-state index in [0.29, 0.717) is 15.8 Å². The van der Waals surface area contributed by atoms with Crippen LogP contribution in [-0.2, 0) is 6.54 Å². The first kappa shape index (κ1) is 20.3. The molecule has 0 fully saturated rings. The second kappa shape index (κ2) is 8.32. The average Bonchev–Trinajstić information content (AvgIpc) is 2.64. The zero-order chi connectivity index (χ0) is 20.4. The Morgan fingerprint density at radius 1 is 1.21 bits per heavy atom. The molecule has 0 aliphatic rings. The van der Waals surface area contributed by atoms with Gasteiger partial charge in [-0.25, -0.2) is 4.98 Å². The molecule has 0 spiro atoms. The molecule has 0 bridgehead atoms. The number of aliphatic hydroxyl groups is 1. The monoisotopic (exact) mass is 443 g/mol. The summed E-state index contributed by atoms with van der Waals surface area (Å²) in [6.07, 6.45) is 0.150. The summed E-state index contributed by atoms with van der Waals surface area (Å²) in [5.74, 6) is 0.294. The molecular formula is C17H12Cl3N3O5. The van der Waals surface area contributed by atoms with Crippen molar-refractivity contribution in [2.75, 3.05) is 6.61 Å². The summed E-state index contributed by atoms with van der Waals surface area (Å²) in [6, 6.07) is 6.98. The largest absolute Gasteiger partial charge is 0.489 e. The van der Waals surface area contributed by atoms with Gasteiger partial charge in [-0.2, -0.15) is 0 Å². The van der Waals surface area contributed by atoms with E-state index in [1.807, 2.05) is 0 Å². The summed E-state index contributed by atoms with van der Waals surface area (Å²) in [5.41, 5.74) is -0.733. The van der Waals surface area contributed by atoms with Gasteiger partial charge in [0.05, 0.1) is 33.7 Å². The first-order chi connectivity index (χ1) is 13.3. The number of fused-ring (bicyclic) bond motifs is 1. The predicted octanol–water partition coefficient (Wildman–Crippen LogP) is 3.70. The molecule has 2 aromatic carbocycles. The van der Waals surface area contributed by atoms with Crippen LogP contribution < -0.4 is 10.3 Å². The minimum absolute atomic E-state index is 0.0182. The third-order valence-electron chi connectivity index (χ3n) is 3.82. The van der Waals surface area contributed by atoms with Crippen LogP contribution in [0.3, 0.4) is 0 Å². The van der Waals surface area contributed by atoms with Gasteiger partial charge in [0.2, 0.25) is 0 Å². The Morgan fingerprint density at radius 2 is 1.96 bits per heavy atom. The van der Waals surface area contributed by atoms with E-state index in [4.69, 9.17) is 39.5 Å². The molecule has 0 aliphatic heterocycles. The van der Waals surface area contributed by atoms with Gasteiger partial charge < -0.3 is 9.84 Å². The van der Waals surface area contributed by atoms with Crippen LogP contribution in [0.4, 0.5) is 5.69 Å². The molecule has 28 heavy (non-hydrogen) atoms. The van der Waals surface area contributed by atoms with Crippen LogP contribution >= 0.6 is 34.8 Å². The minimum atomic E-state index is -1.07. The smallest absolute Gasteiger partial charge is 0.288 e. The Kier molecular flexibility index (Phi) is 6.04. The number of aliphatic hydroxyl groups excluding tert-OH is 1. The van der Waals surface area contributed by atoms with Crippen molar-refractivity contribution >= 4 is 51.4 Å². The van der Waals surface area contributed by atoms with Gasteiger partial charge in [-0.3, -0.25) is 19.5 Å². The van der Waals surface area contributed by atoms with Crippen LogP contribution in [-0.4, -0.2) is 32.3 Å². The molecule has 1 atom stereocenters. The number of rotatable bonds is 6. The Bertz CT molecular complexity index is 1120. The fraction of sp³-hybridized carbons (Fsp3) is 0.176. The van der Waals surface area contributed by atoms with Crippen molar-refractivity contribution in [3.63, 3.8) is 0 Å². The molecule has 0 saturated carbocycles. The van der Waals surface area contributed by atoms with Gasteiger partial charge >= 0.3 is 0 Å². The molecule has 0 aliphatic carbocycles. The van der Waals surface area contributed by atoms with Gasteiger partial charge in [0.15, 0.2) is 0 Å². The van der Waals surface area contributed by atoms with Crippen molar-refractivity contribution < 1.29 is 14.8 Å². The van der Waals surface area contributed by atoms with Gasteiger partial charge in [0, 0.05) is 17.2 Å². The van der Waals surface area contributed by atoms with E-state index in [1.165, 1.54) is 18.5 Å². The Balaban J connectivity index is 1.80. The lowest BCUT2D eigenvalue weighted by atomic mass is 10.2. The molecule has 8 nitrogen and oxygen atoms in total. The maximum atomic E-state index is 12.6. The van der Waals surface area contributed by atoms with Gasteiger partial charge in [-0.05, 0) is 18.2 Å². The first-order valence-electron chi connectivity index (χ1n) is 7.85. The highest BCUT2D eigenvalue weighted by Crippen LogP contribution is 2.28. The number of hydrogen-bond donors (Lipinski definition) is 1. The summed E-state index contributed by atoms with van der Waals surface area (Å²) in [6.45, 7) is -0.304. The molecule has 1 N–H and O–H groups in total. The number of nitrogens with zero attached hydrogens (tertiary/aromatic N) is 3. The van der Waals surface area contributed by atoms with E-state index in [1.54, 1.807) is 12.1 Å². The number of ether oxygens (including phenoxy) is 1. The summed E-state index contributed by atoms with van der Waals surface area (Å²) < 4.78 is 6.57. The minimum Gasteiger partial charge on any atom is -0.489 e. The van der Waals surface area contributed by atoms with Crippen molar-refractivity contribution in [2.45, 2.75) is 12.6 Å². The van der Waals surface area contributed by atoms with Crippen molar-refractivity contribution in [1.29, 1.82) is 0 Å². The molecule has 11 heteroatoms. The number of benzene rings is 2. The van der Waals surface area contributed by atoms with E-state index >= 15 is 0 Å². The van der Waals surface area contributed by atoms with Crippen molar-refractivity contribution in [1.82, 2.24) is 9.55 Å². The predicted molar refractivity (Wildman–Crippen MR) is 106 cm³/mol. The third kappa shape index (κ3) is 4.36. The van der Waals surface area contributed by atoms with Gasteiger partial charge in [0.1, 0.15) is 23.5 Å². The Labute approximate surface area is 173 Å². The zero-order valence-corrected chi connectivity index (χ0v) is 16.3. The standard InChI is InChI=1S/C17H12Cl3N3O5/c18-9-1-2-12(19)16(3-9)28-7-10(24)6-22-8-21-14-5-13(20)15(23(26)27)4-11(14)17(22)25/h1-5,8,10,24H,6-7H2/t10-/m0/s1. The van der Waals surface area contributed by atoms with Crippen molar-refractivity contribution in [2.24, 2.45) is 0 Å². The number of aromatic nitrogens is 2. The molecule has 0 unspecified atom stereocenters. The maximum absolute atomic E-state index is 12.6. The van der Waals surface area contributed by atoms with Crippen molar-refractivity contribution in [3.05, 3.63) is 72.2 Å². The molecule has 3 rings (SSSR count). The fourth-order valence-electron chi connectivity index (χ4n) is 2.49. The summed E-state index contributed by atoms with van der Waals surface area (Å²) in [7, 11) is 0. The van der Waals surface area contributed by atoms with Gasteiger partial charge in [-0.1, -0.05) is 34.8 Å². The van der Waals surface area contributed by atoms with E-state index in [9.17, 15) is 20.0 Å². The normalized spacial score (nSPS) is 12.1. The van der Waals surface area contributed by atoms with Gasteiger partial charge in [0.25, 0.3) is 11.2 Å². The Morgan fingerprint density at radius 3 is 2.68 bits per heavy atom. The summed E-state index contributed by atoms with van der Waals surface area (Å²) >= 11 is 17.7. The lowest BCUT2D eigenvalue weighted by Gasteiger charge is -2.15. The third-order valence-corrected chi connectivity index (χ3v) is 4.67. The van der Waals surface area contributed by atoms with E-state index in [-0.39, 0.29) is 29.1 Å². The lowest BCUT2D eigenvalue weighted by molar-refractivity contribution is -0.384. The van der Waals surface area contributed by atoms with Crippen molar-refractivity contribution in [3.8, 4) is 5.75 Å². The molecule has 3 aromatic rings. The Hall–Kier alpha value is -2.39. The van der Waals surface area contributed by atoms with E-state index < -0.39 is 22.3 Å². The second-order valence-electron chi connectivity index (χ2n) is 5.82. The zero-order valence-electron chi connectivity index (χ0n) is 14.0. The molecule has 0 saturated heterocycles. The number of halogens is 3. The van der Waals surface area contributed by atoms with Crippen LogP contribution in [0.5, 0.6) is 5.75 Å². The molecule has 0 amide bonds. The highest BCUT2D eigenvalue weighted by molar-refractivity contribution is 6.34. The highest BCUT2D eigenvalue weighted by Gasteiger charge is 2.17. The van der Waals surface area contributed by atoms with Crippen LogP contribution in [0.2, 0.25) is 15.1 Å². The number of nitro benzene ring substituents is 1. The SMILES string of the molecule is O=c1c2cc([N+](=O)[O-])c(Cl)cc2ncn1C[C@H](O)COc1cc(Cl)ccc1Cl. The quantitative estimate of drug-likeness (QED) is 0.459. The molecule has 1 heterocycles. The van der Waals surface area contributed by atoms with E-state index in [2.05, 4.69) is 4.98 Å². The first-order valence-corrected chi connectivity index (χ1v) is 8.98. The highest BCUT2D eigenvalue weighted by atomic mass is 35.5. The second-order valence-corrected chi connectivity index (χ2v) is 7.07. The lowest BCUT2D eigenvalue weighted by Crippen LogP contribution is -2.30. The topological polar surface area (TPSA) is 107 Å². The van der Waals surface area contributed by atoms with Crippen LogP contribution in [0.15, 0.2) is 41.5 Å². The maximum Gasteiger partial charge on any atom is 0.288 e. The molecule has 146 valence electrons. The van der Waals surface area contributed by atoms with Crippen LogP contribution in [0.25, 0.3) is 10.9 Å². The van der Waals surface area contributed by atoms with Gasteiger partial charge in [-0.15, -0.1) is 0 Å². The summed E-state index contributed by atoms with van der Waals surface area (Å²) in [5, 5.41) is 21.9. The molecule has 1 aromatic heterocycles. The number of hydrogen-bond acceptors (Lipinski definition) is 6. The van der Waals surface area contributed by atoms with Crippen LogP contribution in [0, 0.1) is 10.1 Å². The molecular weight excluding hydrogens is 433 g/mol. The average molecular weight is 445 g/mol.